The van der Waals surface area contributed by atoms with Crippen molar-refractivity contribution >= 4 is 15.9 Å². The van der Waals surface area contributed by atoms with Crippen molar-refractivity contribution in [2.75, 3.05) is 13.9 Å². The fourth-order valence-electron chi connectivity index (χ4n) is 2.19. The average molecular weight is 341 g/mol. The van der Waals surface area contributed by atoms with Gasteiger partial charge in [-0.1, -0.05) is 0 Å². The maximum atomic E-state index is 10.6. The molecule has 106 valence electrons. The number of aromatic nitrogens is 2. The third kappa shape index (κ3) is 2.03. The first-order valence-corrected chi connectivity index (χ1v) is 6.74. The zero-order valence-corrected chi connectivity index (χ0v) is 12.5. The third-order valence-corrected chi connectivity index (χ3v) is 3.80. The first kappa shape index (κ1) is 13.3. The summed E-state index contributed by atoms with van der Waals surface area (Å²) in [7, 11) is 3.32. The van der Waals surface area contributed by atoms with Gasteiger partial charge >= 0.3 is 0 Å². The van der Waals surface area contributed by atoms with Crippen LogP contribution < -0.4 is 14.2 Å². The number of rotatable bonds is 3. The monoisotopic (exact) mass is 340 g/mol. The highest BCUT2D eigenvalue weighted by Crippen LogP contribution is 2.44. The summed E-state index contributed by atoms with van der Waals surface area (Å²) >= 11 is 3.38. The Bertz CT molecular complexity index is 637. The van der Waals surface area contributed by atoms with Crippen LogP contribution in [-0.2, 0) is 7.05 Å². The Labute approximate surface area is 124 Å². The Kier molecular flexibility index (Phi) is 3.31. The summed E-state index contributed by atoms with van der Waals surface area (Å²) in [5, 5.41) is 14.7. The van der Waals surface area contributed by atoms with E-state index in [9.17, 15) is 5.11 Å². The Morgan fingerprint density at radius 2 is 2.25 bits per heavy atom. The Morgan fingerprint density at radius 3 is 2.90 bits per heavy atom. The summed E-state index contributed by atoms with van der Waals surface area (Å²) in [4.78, 5) is 0. The number of aliphatic hydroxyl groups excluding tert-OH is 1. The number of hydrogen-bond donors (Lipinski definition) is 1. The van der Waals surface area contributed by atoms with Gasteiger partial charge in [0.2, 0.25) is 12.5 Å². The van der Waals surface area contributed by atoms with Crippen LogP contribution in [0.2, 0.25) is 0 Å². The molecule has 1 N–H and O–H groups in total. The van der Waals surface area contributed by atoms with E-state index >= 15 is 0 Å². The Hall–Kier alpha value is -1.73. The molecule has 6 nitrogen and oxygen atoms in total. The summed E-state index contributed by atoms with van der Waals surface area (Å²) in [6.07, 6.45) is 0.795. The topological polar surface area (TPSA) is 65.7 Å². The number of fused-ring (bicyclic) bond motifs is 1. The first-order valence-electron chi connectivity index (χ1n) is 5.94. The van der Waals surface area contributed by atoms with Crippen molar-refractivity contribution in [1.29, 1.82) is 0 Å². The maximum absolute atomic E-state index is 10.6. The molecule has 0 saturated carbocycles. The SMILES string of the molecule is COc1cc(C(O)c2c(Br)cnn2C)cc2c1OCO2. The van der Waals surface area contributed by atoms with E-state index in [0.717, 1.165) is 4.47 Å². The third-order valence-electron chi connectivity index (χ3n) is 3.19. The van der Waals surface area contributed by atoms with Gasteiger partial charge in [-0.05, 0) is 33.6 Å². The first-order chi connectivity index (χ1) is 9.61. The van der Waals surface area contributed by atoms with Crippen LogP contribution in [0.5, 0.6) is 17.2 Å². The molecule has 0 aliphatic carbocycles. The van der Waals surface area contributed by atoms with Gasteiger partial charge in [0, 0.05) is 7.05 Å². The second-order valence-electron chi connectivity index (χ2n) is 4.36. The normalized spacial score (nSPS) is 14.4. The van der Waals surface area contributed by atoms with Crippen LogP contribution in [0.15, 0.2) is 22.8 Å². The number of aryl methyl sites for hydroxylation is 1. The summed E-state index contributed by atoms with van der Waals surface area (Å²) in [5.41, 5.74) is 1.31. The number of halogens is 1. The van der Waals surface area contributed by atoms with Crippen LogP contribution >= 0.6 is 15.9 Å². The molecule has 1 unspecified atom stereocenters. The molecule has 0 fully saturated rings. The van der Waals surface area contributed by atoms with E-state index in [2.05, 4.69) is 21.0 Å². The van der Waals surface area contributed by atoms with Gasteiger partial charge in [0.15, 0.2) is 11.5 Å². The highest BCUT2D eigenvalue weighted by atomic mass is 79.9. The molecule has 2 heterocycles. The summed E-state index contributed by atoms with van der Waals surface area (Å²) in [6.45, 7) is 0.153. The second-order valence-corrected chi connectivity index (χ2v) is 5.22. The van der Waals surface area contributed by atoms with E-state index in [1.165, 1.54) is 0 Å². The van der Waals surface area contributed by atoms with Gasteiger partial charge < -0.3 is 19.3 Å². The molecule has 0 radical (unpaired) electrons. The fourth-order valence-corrected chi connectivity index (χ4v) is 2.76. The molecule has 1 atom stereocenters. The van der Waals surface area contributed by atoms with Gasteiger partial charge in [0.1, 0.15) is 6.10 Å². The highest BCUT2D eigenvalue weighted by molar-refractivity contribution is 9.10. The molecule has 1 aromatic carbocycles. The largest absolute Gasteiger partial charge is 0.493 e. The number of benzene rings is 1. The van der Waals surface area contributed by atoms with E-state index in [0.29, 0.717) is 28.5 Å². The molecular formula is C13H13BrN2O4. The molecular weight excluding hydrogens is 328 g/mol. The number of methoxy groups -OCH3 is 1. The lowest BCUT2D eigenvalue weighted by atomic mass is 10.1. The maximum Gasteiger partial charge on any atom is 0.231 e. The molecule has 0 saturated heterocycles. The van der Waals surface area contributed by atoms with Gasteiger partial charge in [-0.25, -0.2) is 0 Å². The standard InChI is InChI=1S/C13H13BrN2O4/c1-16-11(8(14)5-15-16)12(17)7-3-9(18-2)13-10(4-7)19-6-20-13/h3-5,12,17H,6H2,1-2H3. The van der Waals surface area contributed by atoms with Crippen LogP contribution in [0.1, 0.15) is 17.4 Å². The van der Waals surface area contributed by atoms with Crippen molar-refractivity contribution in [3.63, 3.8) is 0 Å². The average Bonchev–Trinajstić information content (AvgIpc) is 3.03. The van der Waals surface area contributed by atoms with Gasteiger partial charge in [-0.2, -0.15) is 5.10 Å². The van der Waals surface area contributed by atoms with E-state index in [1.807, 2.05) is 0 Å². The summed E-state index contributed by atoms with van der Waals surface area (Å²) in [5.74, 6) is 1.66. The van der Waals surface area contributed by atoms with Crippen LogP contribution in [-0.4, -0.2) is 28.8 Å². The van der Waals surface area contributed by atoms with Crippen molar-refractivity contribution in [1.82, 2.24) is 9.78 Å². The molecule has 20 heavy (non-hydrogen) atoms. The van der Waals surface area contributed by atoms with Crippen molar-refractivity contribution in [3.05, 3.63) is 34.1 Å². The second kappa shape index (κ2) is 4.99. The van der Waals surface area contributed by atoms with Crippen LogP contribution in [0.4, 0.5) is 0 Å². The lowest BCUT2D eigenvalue weighted by Crippen LogP contribution is -2.07. The van der Waals surface area contributed by atoms with Gasteiger partial charge in [0.25, 0.3) is 0 Å². The molecule has 0 bridgehead atoms. The van der Waals surface area contributed by atoms with E-state index < -0.39 is 6.10 Å². The highest BCUT2D eigenvalue weighted by Gasteiger charge is 2.25. The smallest absolute Gasteiger partial charge is 0.231 e. The predicted molar refractivity (Wildman–Crippen MR) is 74.1 cm³/mol. The number of hydrogen-bond acceptors (Lipinski definition) is 5. The molecule has 1 aliphatic rings. The fraction of sp³-hybridized carbons (Fsp3) is 0.308. The number of aliphatic hydroxyl groups is 1. The van der Waals surface area contributed by atoms with Crippen molar-refractivity contribution < 1.29 is 19.3 Å². The van der Waals surface area contributed by atoms with Crippen LogP contribution in [0, 0.1) is 0 Å². The Balaban J connectivity index is 2.07. The predicted octanol–water partition coefficient (Wildman–Crippen LogP) is 2.00. The number of nitrogens with zero attached hydrogens (tertiary/aromatic N) is 2. The molecule has 1 aliphatic heterocycles. The van der Waals surface area contributed by atoms with E-state index in [-0.39, 0.29) is 6.79 Å². The van der Waals surface area contributed by atoms with Gasteiger partial charge in [-0.15, -0.1) is 0 Å². The van der Waals surface area contributed by atoms with Crippen LogP contribution in [0.25, 0.3) is 0 Å². The Morgan fingerprint density at radius 1 is 1.45 bits per heavy atom. The molecule has 1 aromatic heterocycles. The lowest BCUT2D eigenvalue weighted by Gasteiger charge is -2.14. The van der Waals surface area contributed by atoms with Crippen molar-refractivity contribution in [3.8, 4) is 17.2 Å². The van der Waals surface area contributed by atoms with E-state index in [1.54, 1.807) is 37.2 Å². The van der Waals surface area contributed by atoms with Gasteiger partial charge in [0.05, 0.1) is 23.5 Å². The molecule has 0 amide bonds. The van der Waals surface area contributed by atoms with E-state index in [4.69, 9.17) is 14.2 Å². The zero-order valence-electron chi connectivity index (χ0n) is 11.0. The van der Waals surface area contributed by atoms with Crippen molar-refractivity contribution in [2.24, 2.45) is 7.05 Å². The summed E-state index contributed by atoms with van der Waals surface area (Å²) in [6, 6.07) is 3.48. The van der Waals surface area contributed by atoms with Gasteiger partial charge in [-0.3, -0.25) is 4.68 Å². The molecule has 2 aromatic rings. The lowest BCUT2D eigenvalue weighted by molar-refractivity contribution is 0.171. The summed E-state index contributed by atoms with van der Waals surface area (Å²) < 4.78 is 18.3. The molecule has 3 rings (SSSR count). The minimum absolute atomic E-state index is 0.153. The van der Waals surface area contributed by atoms with Crippen molar-refractivity contribution in [2.45, 2.75) is 6.10 Å². The minimum Gasteiger partial charge on any atom is -0.493 e. The zero-order chi connectivity index (χ0) is 14.3. The molecule has 0 spiro atoms. The quantitative estimate of drug-likeness (QED) is 0.925. The van der Waals surface area contributed by atoms with Crippen LogP contribution in [0.3, 0.4) is 0 Å². The molecule has 7 heteroatoms. The number of ether oxygens (including phenoxy) is 3. The minimum atomic E-state index is -0.847.